The van der Waals surface area contributed by atoms with Crippen molar-refractivity contribution in [2.75, 3.05) is 13.4 Å². The standard InChI is InChI=1S/C19H16ClN3O5/c1-12(13-2-4-16-17(6-13)27-11-26-16)22-28-10-19(24)25-9-15-8-23-7-14(20)3-5-18(23)21-15/h2-8H,9-11H2,1H3/b22-12+. The minimum Gasteiger partial charge on any atom is -0.457 e. The summed E-state index contributed by atoms with van der Waals surface area (Å²) in [5.41, 5.74) is 2.73. The van der Waals surface area contributed by atoms with Crippen LogP contribution in [0.15, 0.2) is 47.9 Å². The number of rotatable bonds is 6. The van der Waals surface area contributed by atoms with Gasteiger partial charge in [0.05, 0.1) is 16.4 Å². The fourth-order valence-electron chi connectivity index (χ4n) is 2.64. The van der Waals surface area contributed by atoms with Crippen molar-refractivity contribution in [2.45, 2.75) is 13.5 Å². The third kappa shape index (κ3) is 4.01. The quantitative estimate of drug-likeness (QED) is 0.358. The average Bonchev–Trinajstić information content (AvgIpc) is 3.31. The number of fused-ring (bicyclic) bond motifs is 2. The number of benzene rings is 1. The van der Waals surface area contributed by atoms with Gasteiger partial charge in [0, 0.05) is 18.0 Å². The smallest absolute Gasteiger partial charge is 0.347 e. The first-order valence-electron chi connectivity index (χ1n) is 8.44. The molecule has 2 aromatic heterocycles. The first-order chi connectivity index (χ1) is 13.6. The van der Waals surface area contributed by atoms with Crippen LogP contribution in [0.1, 0.15) is 18.2 Å². The lowest BCUT2D eigenvalue weighted by Crippen LogP contribution is -2.11. The monoisotopic (exact) mass is 401 g/mol. The van der Waals surface area contributed by atoms with Crippen LogP contribution in [0.5, 0.6) is 11.5 Å². The number of pyridine rings is 1. The van der Waals surface area contributed by atoms with E-state index in [-0.39, 0.29) is 20.0 Å². The highest BCUT2D eigenvalue weighted by atomic mass is 35.5. The molecule has 0 spiro atoms. The third-order valence-electron chi connectivity index (χ3n) is 4.02. The summed E-state index contributed by atoms with van der Waals surface area (Å²) < 4.78 is 17.5. The Kier molecular flexibility index (Phi) is 5.03. The zero-order chi connectivity index (χ0) is 19.5. The topological polar surface area (TPSA) is 83.7 Å². The van der Waals surface area contributed by atoms with Crippen LogP contribution in [-0.2, 0) is 21.0 Å². The van der Waals surface area contributed by atoms with Crippen LogP contribution in [0.25, 0.3) is 5.65 Å². The summed E-state index contributed by atoms with van der Waals surface area (Å²) in [6, 6.07) is 8.97. The first kappa shape index (κ1) is 18.1. The molecule has 0 saturated heterocycles. The van der Waals surface area contributed by atoms with Gasteiger partial charge < -0.3 is 23.4 Å². The molecule has 1 aliphatic heterocycles. The van der Waals surface area contributed by atoms with Gasteiger partial charge in [-0.1, -0.05) is 16.8 Å². The van der Waals surface area contributed by atoms with E-state index in [1.165, 1.54) is 0 Å². The highest BCUT2D eigenvalue weighted by Gasteiger charge is 2.14. The van der Waals surface area contributed by atoms with Gasteiger partial charge in [-0.15, -0.1) is 0 Å². The van der Waals surface area contributed by atoms with Gasteiger partial charge in [0.1, 0.15) is 12.3 Å². The predicted molar refractivity (Wildman–Crippen MR) is 101 cm³/mol. The molecule has 3 heterocycles. The first-order valence-corrected chi connectivity index (χ1v) is 8.81. The highest BCUT2D eigenvalue weighted by molar-refractivity contribution is 6.30. The molecule has 1 aliphatic rings. The molecule has 28 heavy (non-hydrogen) atoms. The van der Waals surface area contributed by atoms with Crippen molar-refractivity contribution in [1.29, 1.82) is 0 Å². The maximum absolute atomic E-state index is 11.8. The summed E-state index contributed by atoms with van der Waals surface area (Å²) >= 11 is 5.93. The van der Waals surface area contributed by atoms with Crippen LogP contribution in [0.2, 0.25) is 5.02 Å². The number of ether oxygens (including phenoxy) is 3. The van der Waals surface area contributed by atoms with Gasteiger partial charge >= 0.3 is 5.97 Å². The molecule has 0 bridgehead atoms. The Morgan fingerprint density at radius 3 is 3.00 bits per heavy atom. The normalized spacial score (nSPS) is 13.0. The molecule has 0 fully saturated rings. The van der Waals surface area contributed by atoms with Gasteiger partial charge in [0.25, 0.3) is 0 Å². The number of imidazole rings is 1. The van der Waals surface area contributed by atoms with Gasteiger partial charge in [0.15, 0.2) is 11.5 Å². The molecular formula is C19H16ClN3O5. The number of aromatic nitrogens is 2. The number of hydrogen-bond acceptors (Lipinski definition) is 7. The Hall–Kier alpha value is -3.26. The summed E-state index contributed by atoms with van der Waals surface area (Å²) in [4.78, 5) is 21.3. The lowest BCUT2D eigenvalue weighted by Gasteiger charge is -2.04. The number of esters is 1. The fourth-order valence-corrected chi connectivity index (χ4v) is 2.81. The van der Waals surface area contributed by atoms with Crippen molar-refractivity contribution in [1.82, 2.24) is 9.38 Å². The number of oxime groups is 1. The molecule has 8 nitrogen and oxygen atoms in total. The lowest BCUT2D eigenvalue weighted by molar-refractivity contribution is -0.150. The largest absolute Gasteiger partial charge is 0.457 e. The maximum atomic E-state index is 11.8. The molecule has 0 saturated carbocycles. The maximum Gasteiger partial charge on any atom is 0.347 e. The lowest BCUT2D eigenvalue weighted by atomic mass is 10.1. The van der Waals surface area contributed by atoms with Crippen LogP contribution in [0.4, 0.5) is 0 Å². The summed E-state index contributed by atoms with van der Waals surface area (Å²) in [5, 5.41) is 4.54. The van der Waals surface area contributed by atoms with Crippen molar-refractivity contribution in [3.8, 4) is 11.5 Å². The van der Waals surface area contributed by atoms with E-state index in [9.17, 15) is 4.79 Å². The van der Waals surface area contributed by atoms with E-state index in [0.717, 1.165) is 11.2 Å². The van der Waals surface area contributed by atoms with Crippen molar-refractivity contribution in [3.05, 3.63) is 59.0 Å². The van der Waals surface area contributed by atoms with E-state index < -0.39 is 5.97 Å². The summed E-state index contributed by atoms with van der Waals surface area (Å²) in [5.74, 6) is 0.799. The molecule has 0 radical (unpaired) electrons. The second-order valence-corrected chi connectivity index (χ2v) is 6.46. The number of hydrogen-bond donors (Lipinski definition) is 0. The van der Waals surface area contributed by atoms with Crippen LogP contribution >= 0.6 is 11.6 Å². The fraction of sp³-hybridized carbons (Fsp3) is 0.211. The third-order valence-corrected chi connectivity index (χ3v) is 4.24. The minimum atomic E-state index is -0.544. The number of carbonyl (C=O) groups is 1. The second-order valence-electron chi connectivity index (χ2n) is 6.02. The Balaban J connectivity index is 1.28. The summed E-state index contributed by atoms with van der Waals surface area (Å²) in [6.07, 6.45) is 3.48. The summed E-state index contributed by atoms with van der Waals surface area (Å²) in [7, 11) is 0. The second kappa shape index (κ2) is 7.77. The molecular weight excluding hydrogens is 386 g/mol. The molecule has 0 N–H and O–H groups in total. The van der Waals surface area contributed by atoms with E-state index in [0.29, 0.717) is 27.9 Å². The number of halogens is 1. The SMILES string of the molecule is C/C(=N\OCC(=O)OCc1cn2cc(Cl)ccc2n1)c1ccc2c(c1)OCO2. The Labute approximate surface area is 165 Å². The van der Waals surface area contributed by atoms with Gasteiger partial charge in [-0.25, -0.2) is 9.78 Å². The predicted octanol–water partition coefficient (Wildman–Crippen LogP) is 3.20. The Bertz CT molecular complexity index is 1060. The zero-order valence-electron chi connectivity index (χ0n) is 14.9. The Morgan fingerprint density at radius 1 is 1.25 bits per heavy atom. The van der Waals surface area contributed by atoms with Crippen LogP contribution in [0.3, 0.4) is 0 Å². The zero-order valence-corrected chi connectivity index (χ0v) is 15.7. The number of carbonyl (C=O) groups excluding carboxylic acids is 1. The molecule has 4 rings (SSSR count). The van der Waals surface area contributed by atoms with E-state index in [4.69, 9.17) is 30.6 Å². The van der Waals surface area contributed by atoms with Gasteiger partial charge in [-0.05, 0) is 37.3 Å². The summed E-state index contributed by atoms with van der Waals surface area (Å²) in [6.45, 7) is 1.70. The molecule has 0 unspecified atom stereocenters. The van der Waals surface area contributed by atoms with Gasteiger partial charge in [-0.2, -0.15) is 0 Å². The molecule has 9 heteroatoms. The van der Waals surface area contributed by atoms with Crippen molar-refractivity contribution in [3.63, 3.8) is 0 Å². The van der Waals surface area contributed by atoms with Crippen LogP contribution < -0.4 is 9.47 Å². The van der Waals surface area contributed by atoms with E-state index in [2.05, 4.69) is 10.1 Å². The minimum absolute atomic E-state index is 0.0341. The van der Waals surface area contributed by atoms with E-state index in [1.54, 1.807) is 48.0 Å². The molecule has 144 valence electrons. The number of nitrogens with zero attached hydrogens (tertiary/aromatic N) is 3. The van der Waals surface area contributed by atoms with Crippen LogP contribution in [-0.4, -0.2) is 34.5 Å². The molecule has 1 aromatic carbocycles. The average molecular weight is 402 g/mol. The molecule has 0 atom stereocenters. The van der Waals surface area contributed by atoms with E-state index >= 15 is 0 Å². The van der Waals surface area contributed by atoms with Gasteiger partial charge in [0.2, 0.25) is 13.4 Å². The van der Waals surface area contributed by atoms with Crippen molar-refractivity contribution >= 4 is 28.9 Å². The molecule has 0 aliphatic carbocycles. The van der Waals surface area contributed by atoms with Crippen molar-refractivity contribution < 1.29 is 23.8 Å². The molecule has 0 amide bonds. The Morgan fingerprint density at radius 2 is 2.11 bits per heavy atom. The van der Waals surface area contributed by atoms with Gasteiger partial charge in [-0.3, -0.25) is 0 Å². The van der Waals surface area contributed by atoms with Crippen LogP contribution in [0, 0.1) is 0 Å². The highest BCUT2D eigenvalue weighted by Crippen LogP contribution is 2.32. The van der Waals surface area contributed by atoms with Crippen molar-refractivity contribution in [2.24, 2.45) is 5.16 Å². The van der Waals surface area contributed by atoms with E-state index in [1.807, 2.05) is 6.07 Å². The molecule has 3 aromatic rings.